The number of aromatic nitrogens is 2. The number of nitrogens with one attached hydrogen (secondary N) is 1. The minimum Gasteiger partial charge on any atom is -0.463 e. The van der Waals surface area contributed by atoms with Crippen LogP contribution in [0.5, 0.6) is 5.75 Å². The van der Waals surface area contributed by atoms with Crippen molar-refractivity contribution in [1.29, 1.82) is 0 Å². The summed E-state index contributed by atoms with van der Waals surface area (Å²) in [7, 11) is 1.21. The molecule has 1 amide bonds. The van der Waals surface area contributed by atoms with Crippen molar-refractivity contribution in [2.45, 2.75) is 6.92 Å². The van der Waals surface area contributed by atoms with Crippen molar-refractivity contribution in [2.24, 2.45) is 0 Å². The third-order valence-electron chi connectivity index (χ3n) is 2.59. The molecule has 24 heavy (non-hydrogen) atoms. The van der Waals surface area contributed by atoms with Crippen LogP contribution in [-0.4, -0.2) is 41.1 Å². The first kappa shape index (κ1) is 17.3. The summed E-state index contributed by atoms with van der Waals surface area (Å²) in [6.07, 6.45) is -0.820. The van der Waals surface area contributed by atoms with Crippen LogP contribution in [0.15, 0.2) is 24.3 Å². The molecule has 0 atom stereocenters. The number of ether oxygens (including phenoxy) is 3. The van der Waals surface area contributed by atoms with Crippen molar-refractivity contribution in [3.63, 3.8) is 0 Å². The second-order valence-electron chi connectivity index (χ2n) is 4.18. The van der Waals surface area contributed by atoms with Gasteiger partial charge in [-0.15, -0.1) is 0 Å². The molecule has 9 nitrogen and oxygen atoms in total. The fourth-order valence-electron chi connectivity index (χ4n) is 1.54. The fourth-order valence-corrected chi connectivity index (χ4v) is 2.09. The molecule has 0 spiro atoms. The van der Waals surface area contributed by atoms with E-state index in [0.29, 0.717) is 5.56 Å². The summed E-state index contributed by atoms with van der Waals surface area (Å²) in [5.74, 6) is -1.03. The van der Waals surface area contributed by atoms with Gasteiger partial charge in [0.05, 0.1) is 13.7 Å². The monoisotopic (exact) mass is 351 g/mol. The maximum atomic E-state index is 12.1. The first-order chi connectivity index (χ1) is 11.5. The minimum atomic E-state index is -0.820. The van der Waals surface area contributed by atoms with Crippen molar-refractivity contribution in [1.82, 2.24) is 9.36 Å². The molecular weight excluding hydrogens is 338 g/mol. The molecule has 0 aliphatic carbocycles. The molecule has 0 saturated heterocycles. The Hall–Kier alpha value is -3.01. The normalized spacial score (nSPS) is 9.92. The van der Waals surface area contributed by atoms with Gasteiger partial charge in [0, 0.05) is 17.1 Å². The zero-order chi connectivity index (χ0) is 17.5. The Morgan fingerprint density at radius 3 is 2.54 bits per heavy atom. The van der Waals surface area contributed by atoms with Crippen molar-refractivity contribution in [3.8, 4) is 5.75 Å². The average Bonchev–Trinajstić information content (AvgIpc) is 3.03. The molecule has 1 aromatic heterocycles. The fraction of sp³-hybridized carbons (Fsp3) is 0.214. The van der Waals surface area contributed by atoms with E-state index in [4.69, 9.17) is 4.74 Å². The molecule has 0 aliphatic rings. The molecule has 0 fully saturated rings. The highest BCUT2D eigenvalue weighted by Crippen LogP contribution is 2.16. The largest absolute Gasteiger partial charge is 0.513 e. The van der Waals surface area contributed by atoms with E-state index in [-0.39, 0.29) is 23.3 Å². The molecule has 0 radical (unpaired) electrons. The quantitative estimate of drug-likeness (QED) is 0.643. The van der Waals surface area contributed by atoms with Crippen LogP contribution >= 0.6 is 11.5 Å². The van der Waals surface area contributed by atoms with Crippen LogP contribution in [0.1, 0.15) is 27.9 Å². The molecular formula is C14H13N3O6S. The van der Waals surface area contributed by atoms with Gasteiger partial charge < -0.3 is 14.2 Å². The third-order valence-corrected chi connectivity index (χ3v) is 3.22. The lowest BCUT2D eigenvalue weighted by Gasteiger charge is -2.05. The molecule has 0 saturated carbocycles. The molecule has 2 aromatic rings. The zero-order valence-corrected chi connectivity index (χ0v) is 13.6. The van der Waals surface area contributed by atoms with E-state index >= 15 is 0 Å². The van der Waals surface area contributed by atoms with Gasteiger partial charge in [0.15, 0.2) is 0 Å². The molecule has 0 unspecified atom stereocenters. The number of methoxy groups -OCH3 is 1. The van der Waals surface area contributed by atoms with Crippen molar-refractivity contribution >= 4 is 34.7 Å². The SMILES string of the molecule is CCOC(=O)Oc1ccc(C(=O)Nc2nc(C(=O)OC)ns2)cc1. The Labute approximate surface area is 140 Å². The molecule has 1 aromatic carbocycles. The Balaban J connectivity index is 1.98. The standard InChI is InChI=1S/C14H13N3O6S/c1-3-22-14(20)23-9-6-4-8(5-7-9)11(18)16-13-15-10(17-24-13)12(19)21-2/h4-7H,3H2,1-2H3,(H,15,16,17,18). The highest BCUT2D eigenvalue weighted by Gasteiger charge is 2.15. The number of hydrogen-bond donors (Lipinski definition) is 1. The van der Waals surface area contributed by atoms with Gasteiger partial charge in [-0.1, -0.05) is 0 Å². The second-order valence-corrected chi connectivity index (χ2v) is 4.93. The van der Waals surface area contributed by atoms with Gasteiger partial charge in [-0.2, -0.15) is 9.36 Å². The zero-order valence-electron chi connectivity index (χ0n) is 12.8. The number of nitrogens with zero attached hydrogens (tertiary/aromatic N) is 2. The van der Waals surface area contributed by atoms with Gasteiger partial charge >= 0.3 is 12.1 Å². The van der Waals surface area contributed by atoms with Crippen molar-refractivity contribution in [2.75, 3.05) is 19.0 Å². The number of rotatable bonds is 5. The molecule has 1 N–H and O–H groups in total. The number of anilines is 1. The predicted octanol–water partition coefficient (Wildman–Crippen LogP) is 2.11. The Kier molecular flexibility index (Phi) is 5.79. The van der Waals surface area contributed by atoms with E-state index in [1.807, 2.05) is 0 Å². The number of benzene rings is 1. The maximum absolute atomic E-state index is 12.1. The van der Waals surface area contributed by atoms with E-state index in [2.05, 4.69) is 24.1 Å². The van der Waals surface area contributed by atoms with Crippen LogP contribution in [0.3, 0.4) is 0 Å². The number of carbonyl (C=O) groups is 3. The van der Waals surface area contributed by atoms with Crippen LogP contribution < -0.4 is 10.1 Å². The molecule has 0 aliphatic heterocycles. The van der Waals surface area contributed by atoms with Crippen LogP contribution in [0.25, 0.3) is 0 Å². The van der Waals surface area contributed by atoms with Gasteiger partial charge in [0.25, 0.3) is 11.7 Å². The van der Waals surface area contributed by atoms with Crippen LogP contribution in [0.4, 0.5) is 9.93 Å². The maximum Gasteiger partial charge on any atom is 0.513 e. The summed E-state index contributed by atoms with van der Waals surface area (Å²) < 4.78 is 17.8. The first-order valence-corrected chi connectivity index (χ1v) is 7.49. The van der Waals surface area contributed by atoms with Gasteiger partial charge in [-0.25, -0.2) is 9.59 Å². The summed E-state index contributed by atoms with van der Waals surface area (Å²) in [5.41, 5.74) is 0.307. The third kappa shape index (κ3) is 4.49. The number of hydrogen-bond acceptors (Lipinski definition) is 9. The minimum absolute atomic E-state index is 0.129. The Morgan fingerprint density at radius 2 is 1.92 bits per heavy atom. The van der Waals surface area contributed by atoms with E-state index in [1.54, 1.807) is 6.92 Å². The van der Waals surface area contributed by atoms with Crippen LogP contribution in [0.2, 0.25) is 0 Å². The molecule has 126 valence electrons. The smallest absolute Gasteiger partial charge is 0.463 e. The topological polar surface area (TPSA) is 117 Å². The lowest BCUT2D eigenvalue weighted by molar-refractivity contribution is 0.0588. The van der Waals surface area contributed by atoms with E-state index in [1.165, 1.54) is 31.4 Å². The number of esters is 1. The molecule has 0 bridgehead atoms. The van der Waals surface area contributed by atoms with Crippen molar-refractivity contribution in [3.05, 3.63) is 35.7 Å². The summed E-state index contributed by atoms with van der Waals surface area (Å²) in [6, 6.07) is 5.83. The molecule has 1 heterocycles. The van der Waals surface area contributed by atoms with E-state index in [0.717, 1.165) is 11.5 Å². The summed E-state index contributed by atoms with van der Waals surface area (Å²) in [5, 5.41) is 2.66. The highest BCUT2D eigenvalue weighted by molar-refractivity contribution is 7.10. The van der Waals surface area contributed by atoms with E-state index < -0.39 is 18.0 Å². The lowest BCUT2D eigenvalue weighted by Crippen LogP contribution is -2.13. The van der Waals surface area contributed by atoms with E-state index in [9.17, 15) is 14.4 Å². The van der Waals surface area contributed by atoms with Gasteiger partial charge in [-0.3, -0.25) is 10.1 Å². The number of carbonyl (C=O) groups excluding carboxylic acids is 3. The van der Waals surface area contributed by atoms with Crippen LogP contribution in [-0.2, 0) is 9.47 Å². The number of amides is 1. The van der Waals surface area contributed by atoms with Gasteiger partial charge in [-0.05, 0) is 31.2 Å². The highest BCUT2D eigenvalue weighted by atomic mass is 32.1. The van der Waals surface area contributed by atoms with Crippen LogP contribution in [0, 0.1) is 0 Å². The molecule has 10 heteroatoms. The van der Waals surface area contributed by atoms with Gasteiger partial charge in [0.2, 0.25) is 5.13 Å². The van der Waals surface area contributed by atoms with Gasteiger partial charge in [0.1, 0.15) is 5.75 Å². The summed E-state index contributed by atoms with van der Waals surface area (Å²) in [6.45, 7) is 1.86. The second kappa shape index (κ2) is 8.02. The lowest BCUT2D eigenvalue weighted by atomic mass is 10.2. The van der Waals surface area contributed by atoms with Crippen molar-refractivity contribution < 1.29 is 28.6 Å². The Morgan fingerprint density at radius 1 is 1.21 bits per heavy atom. The predicted molar refractivity (Wildman–Crippen MR) is 83.3 cm³/mol. The Bertz CT molecular complexity index is 743. The molecule has 2 rings (SSSR count). The average molecular weight is 351 g/mol. The first-order valence-electron chi connectivity index (χ1n) is 6.71. The summed E-state index contributed by atoms with van der Waals surface area (Å²) in [4.78, 5) is 38.3. The summed E-state index contributed by atoms with van der Waals surface area (Å²) >= 11 is 0.854.